The maximum absolute atomic E-state index is 13.1. The number of ether oxygens (including phenoxy) is 1. The fourth-order valence-electron chi connectivity index (χ4n) is 5.71. The smallest absolute Gasteiger partial charge is 0.408 e. The molecular formula is C28H36N2O6. The molecule has 1 unspecified atom stereocenters. The summed E-state index contributed by atoms with van der Waals surface area (Å²) in [4.78, 5) is 40.8. The van der Waals surface area contributed by atoms with Crippen LogP contribution in [0.5, 0.6) is 0 Å². The van der Waals surface area contributed by atoms with Gasteiger partial charge in [-0.05, 0) is 44.7 Å². The van der Waals surface area contributed by atoms with Crippen molar-refractivity contribution in [3.63, 3.8) is 0 Å². The van der Waals surface area contributed by atoms with Crippen LogP contribution in [-0.2, 0) is 14.3 Å². The minimum absolute atomic E-state index is 0.141. The molecule has 2 aromatic rings. The van der Waals surface area contributed by atoms with Gasteiger partial charge < -0.3 is 20.3 Å². The Morgan fingerprint density at radius 3 is 1.83 bits per heavy atom. The average molecular weight is 497 g/mol. The van der Waals surface area contributed by atoms with Crippen LogP contribution in [0.1, 0.15) is 64.6 Å². The van der Waals surface area contributed by atoms with Crippen molar-refractivity contribution in [3.8, 4) is 0 Å². The van der Waals surface area contributed by atoms with Gasteiger partial charge in [-0.2, -0.15) is 0 Å². The summed E-state index contributed by atoms with van der Waals surface area (Å²) in [5, 5.41) is 23.9. The van der Waals surface area contributed by atoms with Crippen LogP contribution < -0.4 is 5.32 Å². The molecule has 1 heterocycles. The van der Waals surface area contributed by atoms with E-state index < -0.39 is 46.7 Å². The van der Waals surface area contributed by atoms with Crippen LogP contribution in [0.4, 0.5) is 4.79 Å². The largest absolute Gasteiger partial charge is 0.480 e. The minimum atomic E-state index is -1.88. The zero-order valence-corrected chi connectivity index (χ0v) is 21.5. The van der Waals surface area contributed by atoms with Gasteiger partial charge in [0.2, 0.25) is 0 Å². The molecule has 1 amide bonds. The monoisotopic (exact) mass is 496 g/mol. The first-order valence-corrected chi connectivity index (χ1v) is 12.3. The summed E-state index contributed by atoms with van der Waals surface area (Å²) >= 11 is 0. The molecule has 3 atom stereocenters. The van der Waals surface area contributed by atoms with Gasteiger partial charge >= 0.3 is 18.0 Å². The summed E-state index contributed by atoms with van der Waals surface area (Å²) in [5.74, 6) is -3.35. The van der Waals surface area contributed by atoms with E-state index in [4.69, 9.17) is 4.74 Å². The zero-order chi connectivity index (χ0) is 26.7. The second-order valence-electron chi connectivity index (χ2n) is 10.3. The molecule has 0 aromatic heterocycles. The number of hydrogen-bond donors (Lipinski definition) is 3. The quantitative estimate of drug-likeness (QED) is 0.485. The van der Waals surface area contributed by atoms with Crippen molar-refractivity contribution in [1.82, 2.24) is 10.2 Å². The Kier molecular flexibility index (Phi) is 7.79. The number of aliphatic carboxylic acids is 2. The van der Waals surface area contributed by atoms with Crippen molar-refractivity contribution in [1.29, 1.82) is 0 Å². The van der Waals surface area contributed by atoms with Gasteiger partial charge in [0.05, 0.1) is 6.04 Å². The number of hydrogen-bond acceptors (Lipinski definition) is 5. The second-order valence-corrected chi connectivity index (χ2v) is 10.3. The molecule has 3 rings (SSSR count). The van der Waals surface area contributed by atoms with Crippen LogP contribution in [0.15, 0.2) is 60.7 Å². The standard InChI is InChI=1S/C28H36N2O6/c1-6-21-27(23(31)32,29-25(35)36-26(3,4)5)18-30(28(21,7-2)24(33)34)22(19-14-10-8-11-15-19)20-16-12-9-13-17-20/h8-17,21-22H,6-7,18H2,1-5H3,(H,29,35)(H,31,32)(H,33,34)/t21?,27-,28+/m0/s1. The van der Waals surface area contributed by atoms with E-state index in [1.54, 1.807) is 39.5 Å². The number of amides is 1. The highest BCUT2D eigenvalue weighted by molar-refractivity contribution is 5.90. The molecule has 1 aliphatic rings. The van der Waals surface area contributed by atoms with Gasteiger partial charge in [-0.25, -0.2) is 9.59 Å². The number of carboxylic acid groups (broad SMARTS) is 2. The van der Waals surface area contributed by atoms with E-state index in [0.29, 0.717) is 0 Å². The lowest BCUT2D eigenvalue weighted by molar-refractivity contribution is -0.155. The molecule has 0 bridgehead atoms. The third kappa shape index (κ3) is 4.82. The number of carbonyl (C=O) groups excluding carboxylic acids is 1. The summed E-state index contributed by atoms with van der Waals surface area (Å²) in [7, 11) is 0. The lowest BCUT2D eigenvalue weighted by Crippen LogP contribution is -2.63. The normalized spacial score (nSPS) is 24.4. The number of alkyl carbamates (subject to hydrolysis) is 1. The molecular weight excluding hydrogens is 460 g/mol. The van der Waals surface area contributed by atoms with Gasteiger partial charge in [0, 0.05) is 12.5 Å². The molecule has 3 N–H and O–H groups in total. The van der Waals surface area contributed by atoms with Crippen molar-refractivity contribution in [3.05, 3.63) is 71.8 Å². The summed E-state index contributed by atoms with van der Waals surface area (Å²) in [6.45, 7) is 8.36. The van der Waals surface area contributed by atoms with E-state index in [9.17, 15) is 24.6 Å². The number of benzene rings is 2. The van der Waals surface area contributed by atoms with E-state index in [2.05, 4.69) is 5.32 Å². The summed E-state index contributed by atoms with van der Waals surface area (Å²) < 4.78 is 5.42. The molecule has 0 aliphatic carbocycles. The van der Waals surface area contributed by atoms with Crippen LogP contribution in [-0.4, -0.2) is 56.4 Å². The Hall–Kier alpha value is -3.39. The molecule has 1 fully saturated rings. The van der Waals surface area contributed by atoms with Crippen LogP contribution in [0.2, 0.25) is 0 Å². The van der Waals surface area contributed by atoms with Gasteiger partial charge in [-0.15, -0.1) is 0 Å². The van der Waals surface area contributed by atoms with Gasteiger partial charge in [-0.3, -0.25) is 9.69 Å². The highest BCUT2D eigenvalue weighted by Gasteiger charge is 2.69. The highest BCUT2D eigenvalue weighted by atomic mass is 16.6. The topological polar surface area (TPSA) is 116 Å². The molecule has 0 saturated carbocycles. The van der Waals surface area contributed by atoms with Crippen molar-refractivity contribution < 1.29 is 29.3 Å². The fraction of sp³-hybridized carbons (Fsp3) is 0.464. The molecule has 2 aromatic carbocycles. The second kappa shape index (κ2) is 10.3. The maximum Gasteiger partial charge on any atom is 0.408 e. The van der Waals surface area contributed by atoms with Crippen LogP contribution >= 0.6 is 0 Å². The maximum atomic E-state index is 13.1. The molecule has 8 heteroatoms. The van der Waals surface area contributed by atoms with Crippen molar-refractivity contribution in [2.24, 2.45) is 5.92 Å². The van der Waals surface area contributed by atoms with Crippen LogP contribution in [0.3, 0.4) is 0 Å². The van der Waals surface area contributed by atoms with E-state index in [1.807, 2.05) is 60.7 Å². The first-order valence-electron chi connectivity index (χ1n) is 12.3. The van der Waals surface area contributed by atoms with Gasteiger partial charge in [0.15, 0.2) is 5.54 Å². The van der Waals surface area contributed by atoms with Gasteiger partial charge in [-0.1, -0.05) is 74.5 Å². The lowest BCUT2D eigenvalue weighted by Gasteiger charge is -2.43. The Labute approximate surface area is 212 Å². The number of nitrogens with one attached hydrogen (secondary N) is 1. The Morgan fingerprint density at radius 1 is 0.972 bits per heavy atom. The number of rotatable bonds is 8. The average Bonchev–Trinajstić information content (AvgIpc) is 3.10. The van der Waals surface area contributed by atoms with E-state index >= 15 is 0 Å². The lowest BCUT2D eigenvalue weighted by atomic mass is 9.71. The minimum Gasteiger partial charge on any atom is -0.480 e. The Balaban J connectivity index is 2.26. The third-order valence-corrected chi connectivity index (χ3v) is 7.07. The predicted molar refractivity (Wildman–Crippen MR) is 136 cm³/mol. The highest BCUT2D eigenvalue weighted by Crippen LogP contribution is 2.51. The summed E-state index contributed by atoms with van der Waals surface area (Å²) in [5.41, 5.74) is -2.65. The number of nitrogens with zero attached hydrogens (tertiary/aromatic N) is 1. The van der Waals surface area contributed by atoms with E-state index in [0.717, 1.165) is 11.1 Å². The van der Waals surface area contributed by atoms with Crippen molar-refractivity contribution in [2.75, 3.05) is 6.54 Å². The van der Waals surface area contributed by atoms with E-state index in [1.165, 1.54) is 0 Å². The summed E-state index contributed by atoms with van der Waals surface area (Å²) in [6.07, 6.45) is -0.534. The predicted octanol–water partition coefficient (Wildman–Crippen LogP) is 4.70. The molecule has 1 saturated heterocycles. The molecule has 8 nitrogen and oxygen atoms in total. The first kappa shape index (κ1) is 27.2. The molecule has 0 spiro atoms. The van der Waals surface area contributed by atoms with Crippen molar-refractivity contribution in [2.45, 2.75) is 70.2 Å². The van der Waals surface area contributed by atoms with Gasteiger partial charge in [0.1, 0.15) is 11.1 Å². The van der Waals surface area contributed by atoms with Crippen molar-refractivity contribution >= 4 is 18.0 Å². The number of carboxylic acids is 2. The molecule has 36 heavy (non-hydrogen) atoms. The number of carbonyl (C=O) groups is 3. The molecule has 1 aliphatic heterocycles. The van der Waals surface area contributed by atoms with Crippen LogP contribution in [0, 0.1) is 5.92 Å². The Bertz CT molecular complexity index is 1040. The number of likely N-dealkylation sites (tertiary alicyclic amines) is 1. The Morgan fingerprint density at radius 2 is 1.47 bits per heavy atom. The van der Waals surface area contributed by atoms with E-state index in [-0.39, 0.29) is 19.4 Å². The van der Waals surface area contributed by atoms with Gasteiger partial charge in [0.25, 0.3) is 0 Å². The van der Waals surface area contributed by atoms with Crippen LogP contribution in [0.25, 0.3) is 0 Å². The molecule has 0 radical (unpaired) electrons. The summed E-state index contributed by atoms with van der Waals surface area (Å²) in [6, 6.07) is 18.3. The fourth-order valence-corrected chi connectivity index (χ4v) is 5.71. The first-order chi connectivity index (χ1) is 16.9. The molecule has 194 valence electrons. The SMILES string of the molecule is CCC1[C@](CC)(C(=O)O)N(C(c2ccccc2)c2ccccc2)C[C@@]1(NC(=O)OC(C)(C)C)C(=O)O. The zero-order valence-electron chi connectivity index (χ0n) is 21.5. The third-order valence-electron chi connectivity index (χ3n) is 7.07.